The summed E-state index contributed by atoms with van der Waals surface area (Å²) in [5.41, 5.74) is 7.76. The lowest BCUT2D eigenvalue weighted by Crippen LogP contribution is -2.32. The van der Waals surface area contributed by atoms with Crippen molar-refractivity contribution in [1.29, 1.82) is 0 Å². The molecule has 2 aromatic heterocycles. The van der Waals surface area contributed by atoms with Gasteiger partial charge in [0.05, 0.1) is 40.9 Å². The molecule has 0 N–H and O–H groups in total. The van der Waals surface area contributed by atoms with Crippen molar-refractivity contribution in [3.8, 4) is 0 Å². The first-order valence-electron chi connectivity index (χ1n) is 10.4. The molecule has 6 heteroatoms. The molecule has 5 nitrogen and oxygen atoms in total. The minimum absolute atomic E-state index is 0.0562. The van der Waals surface area contributed by atoms with Crippen LogP contribution in [0.4, 0.5) is 0 Å². The average molecular weight is 479 g/mol. The fraction of sp³-hybridized carbons (Fsp3) is 0.280. The van der Waals surface area contributed by atoms with Gasteiger partial charge in [-0.1, -0.05) is 59.7 Å². The number of hydrogen-bond donors (Lipinski definition) is 0. The number of pyridine rings is 1. The van der Waals surface area contributed by atoms with E-state index >= 15 is 0 Å². The smallest absolute Gasteiger partial charge is 0.219 e. The highest BCUT2D eigenvalue weighted by Crippen LogP contribution is 2.21. The summed E-state index contributed by atoms with van der Waals surface area (Å²) >= 11 is 3.39. The molecule has 0 saturated heterocycles. The van der Waals surface area contributed by atoms with Gasteiger partial charge in [0.25, 0.3) is 0 Å². The molecule has 0 aliphatic rings. The molecule has 0 bridgehead atoms. The first-order chi connectivity index (χ1) is 15.1. The number of imidazole rings is 1. The van der Waals surface area contributed by atoms with E-state index in [1.807, 2.05) is 12.3 Å². The van der Waals surface area contributed by atoms with Crippen LogP contribution in [-0.4, -0.2) is 27.8 Å². The second-order valence-electron chi connectivity index (χ2n) is 7.97. The van der Waals surface area contributed by atoms with E-state index in [1.54, 1.807) is 7.11 Å². The minimum Gasteiger partial charge on any atom is -0.383 e. The molecule has 0 saturated carbocycles. The maximum absolute atomic E-state index is 5.63. The molecule has 0 unspecified atom stereocenters. The second kappa shape index (κ2) is 9.62. The first kappa shape index (κ1) is 21.5. The number of methoxy groups -OCH3 is 1. The van der Waals surface area contributed by atoms with Crippen molar-refractivity contribution in [2.24, 2.45) is 4.02 Å². The number of halogens is 1. The lowest BCUT2D eigenvalue weighted by molar-refractivity contribution is 0.154. The maximum atomic E-state index is 5.63. The van der Waals surface area contributed by atoms with E-state index in [1.165, 1.54) is 22.3 Å². The van der Waals surface area contributed by atoms with E-state index in [2.05, 4.69) is 97.7 Å². The highest BCUT2D eigenvalue weighted by molar-refractivity contribution is 9.08. The van der Waals surface area contributed by atoms with Crippen LogP contribution in [0.3, 0.4) is 0 Å². The highest BCUT2D eigenvalue weighted by atomic mass is 79.9. The summed E-state index contributed by atoms with van der Waals surface area (Å²) in [5.74, 6) is 0. The van der Waals surface area contributed by atoms with Crippen molar-refractivity contribution in [2.75, 3.05) is 13.7 Å². The maximum Gasteiger partial charge on any atom is 0.219 e. The third kappa shape index (κ3) is 4.65. The lowest BCUT2D eigenvalue weighted by atomic mass is 10.0. The van der Waals surface area contributed by atoms with Gasteiger partial charge in [-0.3, -0.25) is 4.57 Å². The van der Waals surface area contributed by atoms with Gasteiger partial charge < -0.3 is 9.30 Å². The zero-order valence-corrected chi connectivity index (χ0v) is 19.7. The monoisotopic (exact) mass is 478 g/mol. The average Bonchev–Trinajstić information content (AvgIpc) is 3.10. The largest absolute Gasteiger partial charge is 0.383 e. The molecule has 0 fully saturated rings. The van der Waals surface area contributed by atoms with Crippen LogP contribution in [0.15, 0.2) is 70.9 Å². The molecule has 2 aromatic carbocycles. The van der Waals surface area contributed by atoms with Crippen LogP contribution in [0.5, 0.6) is 0 Å². The molecule has 0 aliphatic carbocycles. The van der Waals surface area contributed by atoms with Gasteiger partial charge in [0.2, 0.25) is 5.62 Å². The van der Waals surface area contributed by atoms with E-state index in [-0.39, 0.29) is 6.04 Å². The number of fused-ring (bicyclic) bond motifs is 1. The normalized spacial score (nSPS) is 13.1. The molecule has 0 spiro atoms. The summed E-state index contributed by atoms with van der Waals surface area (Å²) in [6, 6.07) is 21.4. The lowest BCUT2D eigenvalue weighted by Gasteiger charge is -2.19. The van der Waals surface area contributed by atoms with Crippen molar-refractivity contribution in [1.82, 2.24) is 14.1 Å². The zero-order valence-electron chi connectivity index (χ0n) is 18.1. The summed E-state index contributed by atoms with van der Waals surface area (Å²) in [6.45, 7) is 5.49. The third-order valence-electron chi connectivity index (χ3n) is 5.59. The Labute approximate surface area is 191 Å². The topological polar surface area (TPSA) is 44.3 Å². The van der Waals surface area contributed by atoms with E-state index in [0.717, 1.165) is 23.2 Å². The van der Waals surface area contributed by atoms with Crippen molar-refractivity contribution >= 4 is 27.3 Å². The predicted octanol–water partition coefficient (Wildman–Crippen LogP) is 5.14. The van der Waals surface area contributed by atoms with Crippen LogP contribution < -0.4 is 5.62 Å². The molecule has 1 atom stereocenters. The number of rotatable bonds is 7. The van der Waals surface area contributed by atoms with Crippen molar-refractivity contribution < 1.29 is 4.74 Å². The fourth-order valence-electron chi connectivity index (χ4n) is 3.99. The van der Waals surface area contributed by atoms with Crippen molar-refractivity contribution in [3.63, 3.8) is 0 Å². The Kier molecular flexibility index (Phi) is 6.68. The highest BCUT2D eigenvalue weighted by Gasteiger charge is 2.21. The first-order valence-corrected chi connectivity index (χ1v) is 11.1. The van der Waals surface area contributed by atoms with Gasteiger partial charge >= 0.3 is 0 Å². The summed E-state index contributed by atoms with van der Waals surface area (Å²) in [6.07, 6.45) is 2.66. The number of aromatic nitrogens is 3. The molecule has 2 heterocycles. The van der Waals surface area contributed by atoms with Crippen LogP contribution >= 0.6 is 16.1 Å². The number of ether oxygens (including phenoxy) is 1. The van der Waals surface area contributed by atoms with Gasteiger partial charge in [-0.15, -0.1) is 0 Å². The molecule has 4 rings (SSSR count). The van der Waals surface area contributed by atoms with E-state index in [0.29, 0.717) is 13.2 Å². The Morgan fingerprint density at radius 2 is 1.61 bits per heavy atom. The van der Waals surface area contributed by atoms with Gasteiger partial charge in [0, 0.05) is 13.3 Å². The van der Waals surface area contributed by atoms with Gasteiger partial charge in [0.1, 0.15) is 0 Å². The van der Waals surface area contributed by atoms with Crippen LogP contribution in [-0.2, 0) is 17.7 Å². The SMILES string of the molecule is COC[C@H](Cc1ccc(C)cc1)n1/c(=N/Br)n(Cc2ccc(C)cc2)c2cccnc21. The molecular weight excluding hydrogens is 452 g/mol. The number of aryl methyl sites for hydroxylation is 2. The van der Waals surface area contributed by atoms with Crippen molar-refractivity contribution in [3.05, 3.63) is 94.7 Å². The summed E-state index contributed by atoms with van der Waals surface area (Å²) in [4.78, 5) is 4.73. The van der Waals surface area contributed by atoms with Gasteiger partial charge in [-0.05, 0) is 43.5 Å². The molecule has 31 heavy (non-hydrogen) atoms. The molecule has 0 amide bonds. The zero-order chi connectivity index (χ0) is 21.8. The van der Waals surface area contributed by atoms with Gasteiger partial charge in [-0.25, -0.2) is 4.98 Å². The number of hydrogen-bond acceptors (Lipinski definition) is 3. The van der Waals surface area contributed by atoms with Gasteiger partial charge in [0.15, 0.2) is 5.65 Å². The second-order valence-corrected chi connectivity index (χ2v) is 8.33. The van der Waals surface area contributed by atoms with E-state index < -0.39 is 0 Å². The molecular formula is C25H27BrN4O. The molecule has 0 aliphatic heterocycles. The van der Waals surface area contributed by atoms with E-state index in [9.17, 15) is 0 Å². The minimum atomic E-state index is 0.0562. The summed E-state index contributed by atoms with van der Waals surface area (Å²) in [7, 11) is 1.74. The predicted molar refractivity (Wildman–Crippen MR) is 128 cm³/mol. The van der Waals surface area contributed by atoms with E-state index in [4.69, 9.17) is 9.72 Å². The Balaban J connectivity index is 1.83. The Morgan fingerprint density at radius 1 is 0.968 bits per heavy atom. The summed E-state index contributed by atoms with van der Waals surface area (Å²) < 4.78 is 14.6. The third-order valence-corrected chi connectivity index (χ3v) is 5.91. The molecule has 4 aromatic rings. The quantitative estimate of drug-likeness (QED) is 0.368. The number of benzene rings is 2. The Hall–Kier alpha value is -2.70. The number of nitrogens with zero attached hydrogens (tertiary/aromatic N) is 4. The molecule has 160 valence electrons. The Morgan fingerprint density at radius 3 is 2.23 bits per heavy atom. The standard InChI is InChI=1S/C25H27BrN4O/c1-18-6-10-20(11-7-18)15-22(17-31-3)30-24-23(5-4-14-27-24)29(25(30)28-26)16-21-12-8-19(2)9-13-21/h4-14,22H,15-17H2,1-3H3/b28-25+/t22-/m0/s1. The van der Waals surface area contributed by atoms with Crippen LogP contribution in [0.1, 0.15) is 28.3 Å². The summed E-state index contributed by atoms with van der Waals surface area (Å²) in [5, 5.41) is 0. The van der Waals surface area contributed by atoms with Crippen LogP contribution in [0.2, 0.25) is 0 Å². The van der Waals surface area contributed by atoms with Crippen molar-refractivity contribution in [2.45, 2.75) is 32.9 Å². The van der Waals surface area contributed by atoms with Gasteiger partial charge in [-0.2, -0.15) is 4.02 Å². The van der Waals surface area contributed by atoms with Crippen LogP contribution in [0.25, 0.3) is 11.2 Å². The Bertz CT molecular complexity index is 1220. The van der Waals surface area contributed by atoms with Crippen LogP contribution in [0, 0.1) is 13.8 Å². The molecule has 0 radical (unpaired) electrons. The fourth-order valence-corrected chi connectivity index (χ4v) is 4.35.